The summed E-state index contributed by atoms with van der Waals surface area (Å²) in [6, 6.07) is 22.8. The van der Waals surface area contributed by atoms with Crippen LogP contribution in [0.25, 0.3) is 21.8 Å². The van der Waals surface area contributed by atoms with Gasteiger partial charge in [-0.3, -0.25) is 0 Å². The van der Waals surface area contributed by atoms with Gasteiger partial charge in [0.25, 0.3) is 0 Å². The van der Waals surface area contributed by atoms with Crippen molar-refractivity contribution in [1.82, 2.24) is 4.57 Å². The van der Waals surface area contributed by atoms with Crippen molar-refractivity contribution in [1.29, 1.82) is 0 Å². The Morgan fingerprint density at radius 1 is 1.00 bits per heavy atom. The van der Waals surface area contributed by atoms with Crippen molar-refractivity contribution in [2.75, 3.05) is 5.32 Å². The van der Waals surface area contributed by atoms with Crippen molar-refractivity contribution in [3.8, 4) is 0 Å². The van der Waals surface area contributed by atoms with Crippen molar-refractivity contribution in [2.24, 2.45) is 5.92 Å². The highest BCUT2D eigenvalue weighted by molar-refractivity contribution is 9.10. The molecular formula is C26H23BrN2. The molecule has 0 saturated carbocycles. The van der Waals surface area contributed by atoms with Crippen LogP contribution in [0.4, 0.5) is 5.69 Å². The highest BCUT2D eigenvalue weighted by Crippen LogP contribution is 2.50. The van der Waals surface area contributed by atoms with Crippen LogP contribution in [0.2, 0.25) is 0 Å². The molecule has 1 aliphatic heterocycles. The number of hydrogen-bond acceptors (Lipinski definition) is 1. The summed E-state index contributed by atoms with van der Waals surface area (Å²) in [6.45, 7) is 3.22. The van der Waals surface area contributed by atoms with Gasteiger partial charge in [0.15, 0.2) is 0 Å². The first kappa shape index (κ1) is 17.3. The minimum Gasteiger partial charge on any atom is -0.378 e. The summed E-state index contributed by atoms with van der Waals surface area (Å²) in [7, 11) is 0. The molecule has 1 aliphatic carbocycles. The van der Waals surface area contributed by atoms with Crippen molar-refractivity contribution < 1.29 is 0 Å². The number of para-hydroxylation sites is 1. The Morgan fingerprint density at radius 2 is 1.86 bits per heavy atom. The van der Waals surface area contributed by atoms with Crippen LogP contribution in [0, 0.1) is 5.92 Å². The summed E-state index contributed by atoms with van der Waals surface area (Å²) in [5.74, 6) is 1.05. The van der Waals surface area contributed by atoms with Gasteiger partial charge in [-0.25, -0.2) is 0 Å². The van der Waals surface area contributed by atoms with Gasteiger partial charge in [-0.15, -0.1) is 0 Å². The fourth-order valence-corrected chi connectivity index (χ4v) is 5.88. The minimum absolute atomic E-state index is 0.330. The molecule has 1 aromatic heterocycles. The summed E-state index contributed by atoms with van der Waals surface area (Å²) in [6.07, 6.45) is 5.90. The van der Waals surface area contributed by atoms with Gasteiger partial charge in [-0.2, -0.15) is 0 Å². The molecular weight excluding hydrogens is 420 g/mol. The van der Waals surface area contributed by atoms with Gasteiger partial charge in [0, 0.05) is 44.4 Å². The molecule has 4 aromatic rings. The fraction of sp³-hybridized carbons (Fsp3) is 0.231. The molecule has 1 N–H and O–H groups in total. The maximum Gasteiger partial charge on any atom is 0.0554 e. The second kappa shape index (κ2) is 6.50. The SMILES string of the molecule is CCn1c2ccccc2c2cc(C3Nc4ccc(Br)cc4C4C=CCC43)ccc21. The van der Waals surface area contributed by atoms with Crippen LogP contribution in [0.15, 0.2) is 77.3 Å². The zero-order chi connectivity index (χ0) is 19.5. The zero-order valence-electron chi connectivity index (χ0n) is 16.4. The fourth-order valence-electron chi connectivity index (χ4n) is 5.50. The number of allylic oxidation sites excluding steroid dienone is 2. The number of fused-ring (bicyclic) bond motifs is 6. The number of nitrogens with one attached hydrogen (secondary N) is 1. The highest BCUT2D eigenvalue weighted by atomic mass is 79.9. The van der Waals surface area contributed by atoms with Gasteiger partial charge in [-0.1, -0.05) is 52.3 Å². The molecule has 0 saturated heterocycles. The first-order valence-corrected chi connectivity index (χ1v) is 11.3. The lowest BCUT2D eigenvalue weighted by atomic mass is 9.77. The Hall–Kier alpha value is -2.52. The molecule has 2 aliphatic rings. The molecule has 2 heterocycles. The predicted octanol–water partition coefficient (Wildman–Crippen LogP) is 7.40. The highest BCUT2D eigenvalue weighted by Gasteiger charge is 2.38. The lowest BCUT2D eigenvalue weighted by Crippen LogP contribution is -2.29. The van der Waals surface area contributed by atoms with E-state index in [9.17, 15) is 0 Å². The second-order valence-electron chi connectivity index (χ2n) is 8.25. The van der Waals surface area contributed by atoms with Crippen LogP contribution in [0.5, 0.6) is 0 Å². The number of aromatic nitrogens is 1. The molecule has 3 atom stereocenters. The average Bonchev–Trinajstić information content (AvgIpc) is 3.36. The van der Waals surface area contributed by atoms with Gasteiger partial charge >= 0.3 is 0 Å². The third-order valence-corrected chi connectivity index (χ3v) is 7.29. The van der Waals surface area contributed by atoms with Crippen molar-refractivity contribution in [3.05, 3.63) is 88.4 Å². The van der Waals surface area contributed by atoms with E-state index >= 15 is 0 Å². The van der Waals surface area contributed by atoms with E-state index in [1.54, 1.807) is 0 Å². The standard InChI is InChI=1S/C26H23BrN2/c1-2-29-24-9-4-3-6-19(24)22-14-16(10-13-25(22)29)26-20-8-5-7-18(20)21-15-17(27)11-12-23(21)28-26/h3-7,9-15,18,20,26,28H,2,8H2,1H3. The van der Waals surface area contributed by atoms with E-state index in [0.717, 1.165) is 17.4 Å². The Morgan fingerprint density at radius 3 is 2.76 bits per heavy atom. The second-order valence-corrected chi connectivity index (χ2v) is 9.16. The molecule has 144 valence electrons. The van der Waals surface area contributed by atoms with E-state index < -0.39 is 0 Å². The number of nitrogens with zero attached hydrogens (tertiary/aromatic N) is 1. The van der Waals surface area contributed by atoms with Gasteiger partial charge in [0.05, 0.1) is 6.04 Å². The smallest absolute Gasteiger partial charge is 0.0554 e. The summed E-state index contributed by atoms with van der Waals surface area (Å²) in [5.41, 5.74) is 6.73. The monoisotopic (exact) mass is 442 g/mol. The molecule has 3 unspecified atom stereocenters. The van der Waals surface area contributed by atoms with Crippen molar-refractivity contribution in [3.63, 3.8) is 0 Å². The van der Waals surface area contributed by atoms with E-state index in [1.807, 2.05) is 0 Å². The minimum atomic E-state index is 0.330. The van der Waals surface area contributed by atoms with Crippen LogP contribution < -0.4 is 5.32 Å². The molecule has 2 nitrogen and oxygen atoms in total. The van der Waals surface area contributed by atoms with Crippen LogP contribution in [-0.4, -0.2) is 4.57 Å². The first-order valence-electron chi connectivity index (χ1n) is 10.5. The molecule has 0 radical (unpaired) electrons. The van der Waals surface area contributed by atoms with E-state index in [2.05, 4.69) is 106 Å². The van der Waals surface area contributed by atoms with Gasteiger partial charge in [0.2, 0.25) is 0 Å². The molecule has 0 spiro atoms. The molecule has 0 bridgehead atoms. The summed E-state index contributed by atoms with van der Waals surface area (Å²) < 4.78 is 3.58. The molecule has 0 amide bonds. The first-order chi connectivity index (χ1) is 14.2. The number of rotatable bonds is 2. The lowest BCUT2D eigenvalue weighted by Gasteiger charge is -2.37. The molecule has 6 rings (SSSR count). The van der Waals surface area contributed by atoms with Crippen LogP contribution >= 0.6 is 15.9 Å². The molecule has 0 fully saturated rings. The molecule has 3 aromatic carbocycles. The van der Waals surface area contributed by atoms with Gasteiger partial charge < -0.3 is 9.88 Å². The number of anilines is 1. The Kier molecular flexibility index (Phi) is 3.89. The van der Waals surface area contributed by atoms with E-state index in [0.29, 0.717) is 17.9 Å². The summed E-state index contributed by atoms with van der Waals surface area (Å²) in [5, 5.41) is 6.60. The Bertz CT molecular complexity index is 1280. The molecule has 29 heavy (non-hydrogen) atoms. The summed E-state index contributed by atoms with van der Waals surface area (Å²) >= 11 is 3.65. The quantitative estimate of drug-likeness (QED) is 0.319. The maximum absolute atomic E-state index is 3.88. The van der Waals surface area contributed by atoms with Gasteiger partial charge in [-0.05, 0) is 66.8 Å². The number of hydrogen-bond donors (Lipinski definition) is 1. The topological polar surface area (TPSA) is 17.0 Å². The van der Waals surface area contributed by atoms with Gasteiger partial charge in [0.1, 0.15) is 0 Å². The maximum atomic E-state index is 3.88. The lowest BCUT2D eigenvalue weighted by molar-refractivity contribution is 0.426. The Balaban J connectivity index is 1.52. The van der Waals surface area contributed by atoms with E-state index in [-0.39, 0.29) is 0 Å². The van der Waals surface area contributed by atoms with E-state index in [1.165, 1.54) is 38.6 Å². The predicted molar refractivity (Wildman–Crippen MR) is 126 cm³/mol. The number of aryl methyl sites for hydroxylation is 1. The van der Waals surface area contributed by atoms with E-state index in [4.69, 9.17) is 0 Å². The zero-order valence-corrected chi connectivity index (χ0v) is 18.0. The van der Waals surface area contributed by atoms with Crippen LogP contribution in [0.3, 0.4) is 0 Å². The third kappa shape index (κ3) is 2.53. The molecule has 3 heteroatoms. The summed E-state index contributed by atoms with van der Waals surface area (Å²) in [4.78, 5) is 0. The van der Waals surface area contributed by atoms with Crippen LogP contribution in [-0.2, 0) is 6.54 Å². The largest absolute Gasteiger partial charge is 0.378 e. The third-order valence-electron chi connectivity index (χ3n) is 6.80. The average molecular weight is 443 g/mol. The van der Waals surface area contributed by atoms with Crippen molar-refractivity contribution in [2.45, 2.75) is 31.8 Å². The Labute approximate surface area is 179 Å². The van der Waals surface area contributed by atoms with Crippen molar-refractivity contribution >= 4 is 43.4 Å². The number of halogens is 1. The number of benzene rings is 3. The normalized spacial score (nSPS) is 22.6. The van der Waals surface area contributed by atoms with Crippen LogP contribution in [0.1, 0.15) is 36.4 Å².